The molecule has 0 aliphatic heterocycles. The number of aryl methyl sites for hydroxylation is 1. The second-order valence-electron chi connectivity index (χ2n) is 4.76. The molecule has 0 fully saturated rings. The molecular formula is C15H13N5O3. The van der Waals surface area contributed by atoms with Crippen LogP contribution in [0.25, 0.3) is 5.78 Å². The molecule has 0 saturated carbocycles. The van der Waals surface area contributed by atoms with E-state index in [1.54, 1.807) is 30.5 Å². The molecule has 0 atom stereocenters. The van der Waals surface area contributed by atoms with Crippen LogP contribution in [0.4, 0.5) is 5.69 Å². The topological polar surface area (TPSA) is 98.5 Å². The number of nitrogens with one attached hydrogen (secondary N) is 1. The lowest BCUT2D eigenvalue weighted by molar-refractivity contribution is 0.0600. The summed E-state index contributed by atoms with van der Waals surface area (Å²) >= 11 is 0. The number of anilines is 1. The minimum Gasteiger partial charge on any atom is -0.465 e. The Labute approximate surface area is 131 Å². The molecule has 23 heavy (non-hydrogen) atoms. The summed E-state index contributed by atoms with van der Waals surface area (Å²) in [5.74, 6) is -0.627. The molecule has 3 aromatic rings. The van der Waals surface area contributed by atoms with Crippen molar-refractivity contribution in [2.24, 2.45) is 0 Å². The number of aromatic nitrogens is 4. The number of hydrogen-bond acceptors (Lipinski definition) is 6. The van der Waals surface area contributed by atoms with Gasteiger partial charge in [-0.3, -0.25) is 4.79 Å². The van der Waals surface area contributed by atoms with Crippen LogP contribution in [0.3, 0.4) is 0 Å². The maximum atomic E-state index is 12.3. The van der Waals surface area contributed by atoms with Crippen LogP contribution in [-0.2, 0) is 4.74 Å². The number of rotatable bonds is 3. The zero-order valence-corrected chi connectivity index (χ0v) is 12.5. The average molecular weight is 311 g/mol. The molecule has 3 rings (SSSR count). The summed E-state index contributed by atoms with van der Waals surface area (Å²) in [7, 11) is 1.30. The Balaban J connectivity index is 1.86. The van der Waals surface area contributed by atoms with Crippen molar-refractivity contribution in [3.63, 3.8) is 0 Å². The van der Waals surface area contributed by atoms with Gasteiger partial charge >= 0.3 is 5.97 Å². The number of hydrogen-bond donors (Lipinski definition) is 1. The predicted molar refractivity (Wildman–Crippen MR) is 81.3 cm³/mol. The fourth-order valence-electron chi connectivity index (χ4n) is 2.03. The van der Waals surface area contributed by atoms with Gasteiger partial charge in [-0.1, -0.05) is 6.07 Å². The first-order valence-corrected chi connectivity index (χ1v) is 6.76. The summed E-state index contributed by atoms with van der Waals surface area (Å²) in [6, 6.07) is 8.18. The molecule has 0 aliphatic rings. The van der Waals surface area contributed by atoms with Crippen molar-refractivity contribution in [3.8, 4) is 0 Å². The third-order valence-electron chi connectivity index (χ3n) is 3.17. The lowest BCUT2D eigenvalue weighted by Crippen LogP contribution is -2.14. The highest BCUT2D eigenvalue weighted by molar-refractivity contribution is 6.02. The molecule has 0 aliphatic carbocycles. The fraction of sp³-hybridized carbons (Fsp3) is 0.133. The molecule has 1 N–H and O–H groups in total. The van der Waals surface area contributed by atoms with Gasteiger partial charge in [-0.2, -0.15) is 4.98 Å². The predicted octanol–water partition coefficient (Wildman–Crippen LogP) is 1.47. The number of esters is 1. The van der Waals surface area contributed by atoms with Crippen LogP contribution in [0.2, 0.25) is 0 Å². The van der Waals surface area contributed by atoms with Crippen LogP contribution < -0.4 is 5.32 Å². The highest BCUT2D eigenvalue weighted by Gasteiger charge is 2.15. The molecule has 1 aromatic carbocycles. The van der Waals surface area contributed by atoms with Crippen molar-refractivity contribution in [1.29, 1.82) is 0 Å². The van der Waals surface area contributed by atoms with Gasteiger partial charge in [-0.05, 0) is 31.2 Å². The van der Waals surface area contributed by atoms with E-state index in [-0.39, 0.29) is 5.82 Å². The van der Waals surface area contributed by atoms with Gasteiger partial charge in [0.2, 0.25) is 5.82 Å². The Morgan fingerprint density at radius 3 is 2.83 bits per heavy atom. The Morgan fingerprint density at radius 1 is 1.26 bits per heavy atom. The molecule has 2 aromatic heterocycles. The van der Waals surface area contributed by atoms with Crippen LogP contribution in [0.5, 0.6) is 0 Å². The normalized spacial score (nSPS) is 10.5. The van der Waals surface area contributed by atoms with Crippen molar-refractivity contribution in [2.75, 3.05) is 12.4 Å². The zero-order valence-electron chi connectivity index (χ0n) is 12.5. The molecule has 0 radical (unpaired) electrons. The van der Waals surface area contributed by atoms with Crippen LogP contribution in [0.15, 0.2) is 36.5 Å². The molecule has 1 amide bonds. The molecular weight excluding hydrogens is 298 g/mol. The standard InChI is InChI=1S/C15H13N5O3/c1-9-6-7-16-15-18-12(19-20(9)15)13(21)17-11-5-3-4-10(8-11)14(22)23-2/h3-8H,1-2H3,(H,17,21). The highest BCUT2D eigenvalue weighted by Crippen LogP contribution is 2.13. The average Bonchev–Trinajstić information content (AvgIpc) is 3.00. The Morgan fingerprint density at radius 2 is 2.09 bits per heavy atom. The summed E-state index contributed by atoms with van der Waals surface area (Å²) in [5, 5.41) is 6.77. The highest BCUT2D eigenvalue weighted by atomic mass is 16.5. The number of nitrogens with zero attached hydrogens (tertiary/aromatic N) is 4. The largest absolute Gasteiger partial charge is 0.465 e. The number of fused-ring (bicyclic) bond motifs is 1. The molecule has 2 heterocycles. The molecule has 0 saturated heterocycles. The van der Waals surface area contributed by atoms with E-state index in [4.69, 9.17) is 0 Å². The maximum Gasteiger partial charge on any atom is 0.337 e. The van der Waals surface area contributed by atoms with Crippen LogP contribution in [0, 0.1) is 6.92 Å². The third kappa shape index (κ3) is 2.86. The van der Waals surface area contributed by atoms with E-state index in [9.17, 15) is 9.59 Å². The number of carbonyl (C=O) groups is 2. The van der Waals surface area contributed by atoms with Gasteiger partial charge in [0.1, 0.15) is 0 Å². The maximum absolute atomic E-state index is 12.3. The molecule has 0 unspecified atom stereocenters. The van der Waals surface area contributed by atoms with E-state index in [1.165, 1.54) is 17.7 Å². The number of benzene rings is 1. The number of methoxy groups -OCH3 is 1. The molecule has 0 bridgehead atoms. The first-order chi connectivity index (χ1) is 11.1. The van der Waals surface area contributed by atoms with E-state index in [2.05, 4.69) is 25.1 Å². The van der Waals surface area contributed by atoms with Crippen LogP contribution >= 0.6 is 0 Å². The van der Waals surface area contributed by atoms with E-state index < -0.39 is 11.9 Å². The van der Waals surface area contributed by atoms with Gasteiger partial charge in [0, 0.05) is 17.6 Å². The van der Waals surface area contributed by atoms with E-state index in [1.807, 2.05) is 6.92 Å². The summed E-state index contributed by atoms with van der Waals surface area (Å²) < 4.78 is 6.13. The SMILES string of the molecule is COC(=O)c1cccc(NC(=O)c2nc3nccc(C)n3n2)c1. The lowest BCUT2D eigenvalue weighted by atomic mass is 10.2. The van der Waals surface area contributed by atoms with E-state index >= 15 is 0 Å². The van der Waals surface area contributed by atoms with E-state index in [0.29, 0.717) is 17.0 Å². The third-order valence-corrected chi connectivity index (χ3v) is 3.17. The van der Waals surface area contributed by atoms with Crippen molar-refractivity contribution >= 4 is 23.3 Å². The zero-order chi connectivity index (χ0) is 16.4. The Kier molecular flexibility index (Phi) is 3.71. The summed E-state index contributed by atoms with van der Waals surface area (Å²) in [6.45, 7) is 1.84. The first-order valence-electron chi connectivity index (χ1n) is 6.76. The molecule has 8 heteroatoms. The molecule has 0 spiro atoms. The van der Waals surface area contributed by atoms with Crippen LogP contribution in [-0.4, -0.2) is 38.6 Å². The Hall–Kier alpha value is -3.29. The quantitative estimate of drug-likeness (QED) is 0.735. The first kappa shape index (κ1) is 14.6. The summed E-state index contributed by atoms with van der Waals surface area (Å²) in [5.41, 5.74) is 1.60. The second-order valence-corrected chi connectivity index (χ2v) is 4.76. The molecule has 116 valence electrons. The minimum absolute atomic E-state index is 0.00438. The lowest BCUT2D eigenvalue weighted by Gasteiger charge is -2.04. The van der Waals surface area contributed by atoms with Crippen molar-refractivity contribution in [2.45, 2.75) is 6.92 Å². The van der Waals surface area contributed by atoms with Gasteiger partial charge < -0.3 is 10.1 Å². The monoisotopic (exact) mass is 311 g/mol. The number of ether oxygens (including phenoxy) is 1. The van der Waals surface area contributed by atoms with Gasteiger partial charge in [0.05, 0.1) is 12.7 Å². The van der Waals surface area contributed by atoms with Crippen molar-refractivity contribution in [1.82, 2.24) is 19.6 Å². The van der Waals surface area contributed by atoms with Gasteiger partial charge in [0.15, 0.2) is 0 Å². The van der Waals surface area contributed by atoms with E-state index in [0.717, 1.165) is 5.69 Å². The smallest absolute Gasteiger partial charge is 0.337 e. The van der Waals surface area contributed by atoms with Crippen LogP contribution in [0.1, 0.15) is 26.7 Å². The summed E-state index contributed by atoms with van der Waals surface area (Å²) in [4.78, 5) is 31.9. The summed E-state index contributed by atoms with van der Waals surface area (Å²) in [6.07, 6.45) is 1.60. The second kappa shape index (κ2) is 5.84. The molecule has 8 nitrogen and oxygen atoms in total. The van der Waals surface area contributed by atoms with Crippen molar-refractivity contribution < 1.29 is 14.3 Å². The van der Waals surface area contributed by atoms with Crippen molar-refractivity contribution in [3.05, 3.63) is 53.6 Å². The minimum atomic E-state index is -0.489. The van der Waals surface area contributed by atoms with Gasteiger partial charge in [0.25, 0.3) is 11.7 Å². The van der Waals surface area contributed by atoms with Gasteiger partial charge in [-0.25, -0.2) is 14.3 Å². The Bertz CT molecular complexity index is 903. The number of amides is 1. The number of carbonyl (C=O) groups excluding carboxylic acids is 2. The fourth-order valence-corrected chi connectivity index (χ4v) is 2.03. The van der Waals surface area contributed by atoms with Gasteiger partial charge in [-0.15, -0.1) is 5.10 Å².